The first-order chi connectivity index (χ1) is 13.9. The lowest BCUT2D eigenvalue weighted by molar-refractivity contribution is -0.987. The summed E-state index contributed by atoms with van der Waals surface area (Å²) in [4.78, 5) is 25.4. The molecule has 1 aromatic carbocycles. The van der Waals surface area contributed by atoms with Crippen LogP contribution in [0.2, 0.25) is 0 Å². The van der Waals surface area contributed by atoms with E-state index in [1.54, 1.807) is 6.07 Å². The molecule has 2 aliphatic carbocycles. The molecule has 0 amide bonds. The molecule has 2 heterocycles. The second kappa shape index (κ2) is 5.56. The number of quaternary nitrogens is 1. The number of benzene rings is 1. The topological polar surface area (TPSA) is 93.1 Å². The number of ketones is 1. The highest BCUT2D eigenvalue weighted by atomic mass is 16.6. The molecule has 30 heavy (non-hydrogen) atoms. The minimum Gasteiger partial charge on any atom is -0.504 e. The Kier molecular flexibility index (Phi) is 3.68. The lowest BCUT2D eigenvalue weighted by Gasteiger charge is -2.60. The Balaban J connectivity index is 1.67. The van der Waals surface area contributed by atoms with E-state index in [4.69, 9.17) is 9.47 Å². The molecule has 1 saturated carbocycles. The Morgan fingerprint density at radius 1 is 1.37 bits per heavy atom. The normalized spacial score (nSPS) is 40.7. The Hall–Kier alpha value is -2.12. The highest BCUT2D eigenvalue weighted by Crippen LogP contribution is 2.71. The first-order valence-corrected chi connectivity index (χ1v) is 10.7. The SMILES string of the molecule is CC1C2(O)CCC(=O)C3Oc4c(O)ccc5c4C32CC5[N+]1(C)COC(=O)C(C)(C)C. The van der Waals surface area contributed by atoms with E-state index in [0.29, 0.717) is 23.1 Å². The highest BCUT2D eigenvalue weighted by Gasteiger charge is 2.79. The number of hydrogen-bond acceptors (Lipinski definition) is 6. The van der Waals surface area contributed by atoms with Gasteiger partial charge in [-0.2, -0.15) is 0 Å². The third-order valence-corrected chi connectivity index (χ3v) is 8.36. The van der Waals surface area contributed by atoms with Crippen LogP contribution in [0.25, 0.3) is 0 Å². The molecule has 4 aliphatic rings. The van der Waals surface area contributed by atoms with Crippen molar-refractivity contribution in [2.45, 2.75) is 76.2 Å². The first kappa shape index (κ1) is 19.8. The van der Waals surface area contributed by atoms with Crippen molar-refractivity contribution < 1.29 is 33.8 Å². The highest BCUT2D eigenvalue weighted by molar-refractivity contribution is 5.90. The predicted molar refractivity (Wildman–Crippen MR) is 107 cm³/mol. The van der Waals surface area contributed by atoms with Crippen molar-refractivity contribution in [1.29, 1.82) is 0 Å². The van der Waals surface area contributed by atoms with E-state index in [-0.39, 0.29) is 42.7 Å². The van der Waals surface area contributed by atoms with Gasteiger partial charge in [-0.1, -0.05) is 0 Å². The van der Waals surface area contributed by atoms with Gasteiger partial charge >= 0.3 is 5.97 Å². The van der Waals surface area contributed by atoms with Gasteiger partial charge in [0.15, 0.2) is 23.4 Å². The van der Waals surface area contributed by atoms with Crippen LogP contribution in [-0.4, -0.2) is 58.0 Å². The fraction of sp³-hybridized carbons (Fsp3) is 0.652. The largest absolute Gasteiger partial charge is 0.504 e. The van der Waals surface area contributed by atoms with Gasteiger partial charge in [-0.15, -0.1) is 0 Å². The predicted octanol–water partition coefficient (Wildman–Crippen LogP) is 2.33. The third-order valence-electron chi connectivity index (χ3n) is 8.36. The molecular weight excluding hydrogens is 386 g/mol. The van der Waals surface area contributed by atoms with Gasteiger partial charge in [-0.25, -0.2) is 0 Å². The maximum atomic E-state index is 12.9. The number of phenols is 1. The van der Waals surface area contributed by atoms with Crippen molar-refractivity contribution in [1.82, 2.24) is 0 Å². The molecule has 5 rings (SSSR count). The number of hydrogen-bond donors (Lipinski definition) is 2. The van der Waals surface area contributed by atoms with Crippen LogP contribution in [0.3, 0.4) is 0 Å². The van der Waals surface area contributed by atoms with Crippen LogP contribution in [0.4, 0.5) is 0 Å². The molecular formula is C23H30NO6+. The van der Waals surface area contributed by atoms with E-state index in [2.05, 4.69) is 0 Å². The van der Waals surface area contributed by atoms with Gasteiger partial charge in [-0.3, -0.25) is 14.1 Å². The molecule has 0 aromatic heterocycles. The summed E-state index contributed by atoms with van der Waals surface area (Å²) in [6.45, 7) is 7.58. The van der Waals surface area contributed by atoms with Crippen LogP contribution in [0, 0.1) is 5.41 Å². The van der Waals surface area contributed by atoms with Gasteiger partial charge in [0.05, 0.1) is 17.9 Å². The zero-order valence-electron chi connectivity index (χ0n) is 18.2. The molecule has 7 heteroatoms. The van der Waals surface area contributed by atoms with Gasteiger partial charge in [0.1, 0.15) is 17.7 Å². The Bertz CT molecular complexity index is 983. The van der Waals surface area contributed by atoms with Crippen LogP contribution >= 0.6 is 0 Å². The zero-order chi connectivity index (χ0) is 21.9. The van der Waals surface area contributed by atoms with E-state index in [1.807, 2.05) is 40.8 Å². The number of phenolic OH excluding ortho intramolecular Hbond substituents is 1. The van der Waals surface area contributed by atoms with Gasteiger partial charge < -0.3 is 19.7 Å². The summed E-state index contributed by atoms with van der Waals surface area (Å²) in [5.41, 5.74) is -0.940. The fourth-order valence-corrected chi connectivity index (χ4v) is 6.53. The Morgan fingerprint density at radius 3 is 2.73 bits per heavy atom. The van der Waals surface area contributed by atoms with Gasteiger partial charge in [0.25, 0.3) is 0 Å². The number of rotatable bonds is 2. The average molecular weight is 416 g/mol. The monoisotopic (exact) mass is 416 g/mol. The van der Waals surface area contributed by atoms with Crippen molar-refractivity contribution in [2.24, 2.45) is 5.41 Å². The minimum atomic E-state index is -1.21. The van der Waals surface area contributed by atoms with Gasteiger partial charge in [-0.05, 0) is 46.2 Å². The number of carbonyl (C=O) groups excluding carboxylic acids is 2. The van der Waals surface area contributed by atoms with Crippen molar-refractivity contribution in [3.63, 3.8) is 0 Å². The number of likely N-dealkylation sites (N-methyl/N-ethyl adjacent to an activating group) is 1. The fourth-order valence-electron chi connectivity index (χ4n) is 6.53. The van der Waals surface area contributed by atoms with Crippen LogP contribution in [0.1, 0.15) is 64.1 Å². The Morgan fingerprint density at radius 2 is 2.07 bits per heavy atom. The molecule has 2 bridgehead atoms. The number of likely N-dealkylation sites (tertiary alicyclic amines) is 1. The van der Waals surface area contributed by atoms with E-state index >= 15 is 0 Å². The second-order valence-corrected chi connectivity index (χ2v) is 10.8. The molecule has 1 aromatic rings. The van der Waals surface area contributed by atoms with E-state index < -0.39 is 22.5 Å². The number of ether oxygens (including phenoxy) is 2. The first-order valence-electron chi connectivity index (χ1n) is 10.7. The molecule has 2 fully saturated rings. The van der Waals surface area contributed by atoms with Crippen molar-refractivity contribution >= 4 is 11.8 Å². The number of piperidine rings is 1. The van der Waals surface area contributed by atoms with Gasteiger partial charge in [0.2, 0.25) is 6.73 Å². The smallest absolute Gasteiger partial charge is 0.315 e. The lowest BCUT2D eigenvalue weighted by Crippen LogP contribution is -2.76. The van der Waals surface area contributed by atoms with E-state index in [0.717, 1.165) is 11.1 Å². The average Bonchev–Trinajstić information content (AvgIpc) is 3.20. The maximum Gasteiger partial charge on any atom is 0.315 e. The molecule has 162 valence electrons. The molecule has 2 aliphatic heterocycles. The van der Waals surface area contributed by atoms with Crippen LogP contribution in [0.5, 0.6) is 11.5 Å². The number of Topliss-reactive ketones (excluding diaryl/α,β-unsaturated/α-hetero) is 1. The second-order valence-electron chi connectivity index (χ2n) is 10.8. The zero-order valence-corrected chi connectivity index (χ0v) is 18.2. The molecule has 6 atom stereocenters. The van der Waals surface area contributed by atoms with Crippen LogP contribution < -0.4 is 4.74 Å². The number of fused-ring (bicyclic) bond motifs is 2. The van der Waals surface area contributed by atoms with E-state index in [1.165, 1.54) is 0 Å². The van der Waals surface area contributed by atoms with Crippen LogP contribution in [0.15, 0.2) is 12.1 Å². The quantitative estimate of drug-likeness (QED) is 0.568. The lowest BCUT2D eigenvalue weighted by atomic mass is 9.54. The van der Waals surface area contributed by atoms with Gasteiger partial charge in [0, 0.05) is 24.0 Å². The molecule has 2 N–H and O–H groups in total. The molecule has 0 radical (unpaired) electrons. The summed E-state index contributed by atoms with van der Waals surface area (Å²) in [5, 5.41) is 22.7. The number of nitrogens with zero attached hydrogens (tertiary/aromatic N) is 1. The maximum absolute atomic E-state index is 12.9. The minimum absolute atomic E-state index is 0.00115. The molecule has 1 spiro atoms. The molecule has 7 nitrogen and oxygen atoms in total. The number of esters is 1. The summed E-state index contributed by atoms with van der Waals surface area (Å²) in [6, 6.07) is 3.10. The molecule has 1 saturated heterocycles. The number of aliphatic hydroxyl groups is 1. The summed E-state index contributed by atoms with van der Waals surface area (Å²) in [7, 11) is 2.02. The summed E-state index contributed by atoms with van der Waals surface area (Å²) >= 11 is 0. The van der Waals surface area contributed by atoms with Crippen molar-refractivity contribution in [3.05, 3.63) is 23.3 Å². The van der Waals surface area contributed by atoms with Crippen molar-refractivity contribution in [3.8, 4) is 11.5 Å². The van der Waals surface area contributed by atoms with Crippen LogP contribution in [-0.2, 0) is 19.7 Å². The summed E-state index contributed by atoms with van der Waals surface area (Å²) in [5.74, 6) is 0.0289. The van der Waals surface area contributed by atoms with Crippen molar-refractivity contribution in [2.75, 3.05) is 13.8 Å². The number of carbonyl (C=O) groups is 2. The summed E-state index contributed by atoms with van der Waals surface area (Å²) < 4.78 is 12.1. The van der Waals surface area contributed by atoms with E-state index in [9.17, 15) is 19.8 Å². The third kappa shape index (κ3) is 2.03. The standard InChI is InChI=1S/C23H29NO6/c1-12-23(28)9-8-16(26)19-22(23)10-14(13-6-7-15(25)18(30-19)17(13)22)24(12,5)11-29-20(27)21(2,3)4/h6-7,12,14,19,28H,8-11H2,1-5H3/p+1. The Labute approximate surface area is 176 Å². The molecule has 6 unspecified atom stereocenters. The summed E-state index contributed by atoms with van der Waals surface area (Å²) in [6.07, 6.45) is 0.301. The number of aromatic hydroxyl groups is 1.